The van der Waals surface area contributed by atoms with Crippen LogP contribution in [0.2, 0.25) is 0 Å². The van der Waals surface area contributed by atoms with Crippen LogP contribution in [0.15, 0.2) is 35.6 Å². The Labute approximate surface area is 186 Å². The van der Waals surface area contributed by atoms with Gasteiger partial charge in [-0.3, -0.25) is 0 Å². The normalized spacial score (nSPS) is 16.7. The Morgan fingerprint density at radius 3 is 2.81 bits per heavy atom. The van der Waals surface area contributed by atoms with Crippen LogP contribution in [0, 0.1) is 0 Å². The molecule has 0 atom stereocenters. The van der Waals surface area contributed by atoms with E-state index in [2.05, 4.69) is 37.6 Å². The summed E-state index contributed by atoms with van der Waals surface area (Å²) in [5, 5.41) is 9.66. The second-order valence-corrected chi connectivity index (χ2v) is 10.1. The van der Waals surface area contributed by atoms with Crippen molar-refractivity contribution in [3.05, 3.63) is 41.6 Å². The van der Waals surface area contributed by atoms with E-state index in [9.17, 15) is 8.42 Å². The number of ether oxygens (including phenoxy) is 2. The fourth-order valence-corrected chi connectivity index (χ4v) is 4.70. The number of benzene rings is 1. The number of pyridine rings is 1. The van der Waals surface area contributed by atoms with E-state index in [0.717, 1.165) is 55.2 Å². The third-order valence-corrected chi connectivity index (χ3v) is 6.72. The van der Waals surface area contributed by atoms with Crippen molar-refractivity contribution in [3.8, 4) is 17.0 Å². The minimum atomic E-state index is -3.47. The Morgan fingerprint density at radius 1 is 1.19 bits per heavy atom. The number of anilines is 2. The van der Waals surface area contributed by atoms with Crippen molar-refractivity contribution in [2.45, 2.75) is 43.4 Å². The second kappa shape index (κ2) is 8.51. The molecule has 0 unspecified atom stereocenters. The predicted octanol–water partition coefficient (Wildman–Crippen LogP) is 3.06. The maximum absolute atomic E-state index is 11.8. The molecule has 0 amide bonds. The fourth-order valence-electron chi connectivity index (χ4n) is 4.24. The second-order valence-electron chi connectivity index (χ2n) is 8.15. The van der Waals surface area contributed by atoms with Crippen molar-refractivity contribution in [2.75, 3.05) is 24.8 Å². The number of aryl methyl sites for hydroxylation is 1. The molecule has 5 rings (SSSR count). The number of sulfone groups is 1. The number of aromatic nitrogens is 4. The molecule has 1 aliphatic heterocycles. The molecule has 0 saturated carbocycles. The molecule has 1 aromatic carbocycles. The van der Waals surface area contributed by atoms with E-state index in [0.29, 0.717) is 19.1 Å². The van der Waals surface area contributed by atoms with Crippen LogP contribution in [0.5, 0.6) is 5.88 Å². The third kappa shape index (κ3) is 4.33. The Kier molecular flexibility index (Phi) is 5.56. The summed E-state index contributed by atoms with van der Waals surface area (Å²) in [5.74, 6) is 0.804. The van der Waals surface area contributed by atoms with Gasteiger partial charge in [0.25, 0.3) is 0 Å². The molecule has 9 nitrogen and oxygen atoms in total. The molecule has 0 spiro atoms. The van der Waals surface area contributed by atoms with Crippen LogP contribution in [-0.4, -0.2) is 54.2 Å². The van der Waals surface area contributed by atoms with E-state index in [1.54, 1.807) is 6.20 Å². The first-order chi connectivity index (χ1) is 15.5. The summed E-state index contributed by atoms with van der Waals surface area (Å²) in [5.41, 5.74) is 5.30. The lowest BCUT2D eigenvalue weighted by atomic mass is 9.98. The lowest BCUT2D eigenvalue weighted by Crippen LogP contribution is -2.26. The minimum Gasteiger partial charge on any atom is -0.474 e. The molecule has 1 fully saturated rings. The van der Waals surface area contributed by atoms with Crippen LogP contribution >= 0.6 is 0 Å². The number of hydrogen-bond donors (Lipinski definition) is 2. The highest BCUT2D eigenvalue weighted by atomic mass is 32.2. The number of hydrogen-bond acceptors (Lipinski definition) is 8. The molecule has 1 aliphatic carbocycles. The van der Waals surface area contributed by atoms with Crippen molar-refractivity contribution >= 4 is 21.5 Å². The molecule has 2 aromatic heterocycles. The van der Waals surface area contributed by atoms with Gasteiger partial charge in [-0.25, -0.2) is 18.5 Å². The molecular formula is C22H25N5O4S. The minimum absolute atomic E-state index is 0.104. The topological polar surface area (TPSA) is 119 Å². The largest absolute Gasteiger partial charge is 0.474 e. The van der Waals surface area contributed by atoms with E-state index < -0.39 is 9.84 Å². The standard InChI is InChI=1S/C22H25N5O4S/c1-32(28,29)22-25-21(26-27-22)24-20-17-4-2-3-14(17)5-6-18(20)15-7-10-23-19(13-15)31-16-8-11-30-12-9-16/h5-7,10,13,16H,2-4,8-9,11-12H2,1H3,(H2,24,25,26,27). The highest BCUT2D eigenvalue weighted by Crippen LogP contribution is 2.39. The molecule has 0 bridgehead atoms. The first kappa shape index (κ1) is 20.9. The monoisotopic (exact) mass is 455 g/mol. The SMILES string of the molecule is CS(=O)(=O)c1nc(Nc2c(-c3ccnc(OC4CCOCC4)c3)ccc3c2CCC3)n[nH]1. The lowest BCUT2D eigenvalue weighted by molar-refractivity contribution is 0.0237. The van der Waals surface area contributed by atoms with E-state index >= 15 is 0 Å². The molecule has 1 saturated heterocycles. The number of aromatic amines is 1. The van der Waals surface area contributed by atoms with Crippen LogP contribution < -0.4 is 10.1 Å². The number of rotatable bonds is 6. The highest BCUT2D eigenvalue weighted by molar-refractivity contribution is 7.90. The molecule has 32 heavy (non-hydrogen) atoms. The van der Waals surface area contributed by atoms with Gasteiger partial charge in [0, 0.05) is 36.9 Å². The average molecular weight is 456 g/mol. The predicted molar refractivity (Wildman–Crippen MR) is 119 cm³/mol. The molecule has 168 valence electrons. The summed E-state index contributed by atoms with van der Waals surface area (Å²) in [6.45, 7) is 1.41. The van der Waals surface area contributed by atoms with Gasteiger partial charge >= 0.3 is 0 Å². The van der Waals surface area contributed by atoms with Crippen molar-refractivity contribution in [3.63, 3.8) is 0 Å². The van der Waals surface area contributed by atoms with Crippen LogP contribution in [0.3, 0.4) is 0 Å². The maximum atomic E-state index is 11.8. The summed E-state index contributed by atoms with van der Waals surface area (Å²) in [6.07, 6.45) is 7.68. The van der Waals surface area contributed by atoms with E-state index in [1.165, 1.54) is 11.1 Å². The van der Waals surface area contributed by atoms with Gasteiger partial charge in [-0.15, -0.1) is 5.10 Å². The van der Waals surface area contributed by atoms with E-state index in [4.69, 9.17) is 9.47 Å². The smallest absolute Gasteiger partial charge is 0.247 e. The van der Waals surface area contributed by atoms with E-state index in [1.807, 2.05) is 12.1 Å². The van der Waals surface area contributed by atoms with Crippen LogP contribution in [0.1, 0.15) is 30.4 Å². The zero-order chi connectivity index (χ0) is 22.1. The molecule has 3 aromatic rings. The van der Waals surface area contributed by atoms with Gasteiger partial charge in [0.05, 0.1) is 18.9 Å². The van der Waals surface area contributed by atoms with Gasteiger partial charge in [0.2, 0.25) is 26.8 Å². The van der Waals surface area contributed by atoms with Gasteiger partial charge in [0.15, 0.2) is 0 Å². The summed E-state index contributed by atoms with van der Waals surface area (Å²) < 4.78 is 35.1. The number of nitrogens with zero attached hydrogens (tertiary/aromatic N) is 3. The Balaban J connectivity index is 1.49. The Hall–Kier alpha value is -2.98. The number of fused-ring (bicyclic) bond motifs is 1. The van der Waals surface area contributed by atoms with Gasteiger partial charge in [-0.1, -0.05) is 12.1 Å². The number of H-pyrrole nitrogens is 1. The van der Waals surface area contributed by atoms with Crippen molar-refractivity contribution in [1.82, 2.24) is 20.2 Å². The summed E-state index contributed by atoms with van der Waals surface area (Å²) in [6, 6.07) is 8.11. The lowest BCUT2D eigenvalue weighted by Gasteiger charge is -2.23. The highest BCUT2D eigenvalue weighted by Gasteiger charge is 2.22. The molecule has 3 heterocycles. The number of nitrogens with one attached hydrogen (secondary N) is 2. The van der Waals surface area contributed by atoms with Crippen LogP contribution in [0.25, 0.3) is 11.1 Å². The first-order valence-electron chi connectivity index (χ1n) is 10.7. The molecule has 0 radical (unpaired) electrons. The zero-order valence-corrected chi connectivity index (χ0v) is 18.6. The van der Waals surface area contributed by atoms with Gasteiger partial charge in [-0.2, -0.15) is 4.98 Å². The van der Waals surface area contributed by atoms with Gasteiger partial charge < -0.3 is 14.8 Å². The molecular weight excluding hydrogens is 430 g/mol. The van der Waals surface area contributed by atoms with Crippen molar-refractivity contribution < 1.29 is 17.9 Å². The summed E-state index contributed by atoms with van der Waals surface area (Å²) in [4.78, 5) is 8.51. The fraction of sp³-hybridized carbons (Fsp3) is 0.409. The van der Waals surface area contributed by atoms with Crippen LogP contribution in [0.4, 0.5) is 11.6 Å². The maximum Gasteiger partial charge on any atom is 0.247 e. The Bertz CT molecular complexity index is 1230. The Morgan fingerprint density at radius 2 is 2.03 bits per heavy atom. The van der Waals surface area contributed by atoms with Gasteiger partial charge in [-0.05, 0) is 42.0 Å². The summed E-state index contributed by atoms with van der Waals surface area (Å²) in [7, 11) is -3.47. The first-order valence-corrected chi connectivity index (χ1v) is 12.6. The quantitative estimate of drug-likeness (QED) is 0.582. The van der Waals surface area contributed by atoms with E-state index in [-0.39, 0.29) is 17.2 Å². The molecule has 10 heteroatoms. The average Bonchev–Trinajstić information content (AvgIpc) is 3.44. The zero-order valence-electron chi connectivity index (χ0n) is 17.8. The van der Waals surface area contributed by atoms with Crippen LogP contribution in [-0.2, 0) is 27.4 Å². The molecule has 2 N–H and O–H groups in total. The van der Waals surface area contributed by atoms with Gasteiger partial charge in [0.1, 0.15) is 6.10 Å². The van der Waals surface area contributed by atoms with Crippen molar-refractivity contribution in [2.24, 2.45) is 0 Å². The third-order valence-electron chi connectivity index (χ3n) is 5.84. The summed E-state index contributed by atoms with van der Waals surface area (Å²) >= 11 is 0. The van der Waals surface area contributed by atoms with Crippen molar-refractivity contribution in [1.29, 1.82) is 0 Å². The molecule has 2 aliphatic rings.